The van der Waals surface area contributed by atoms with E-state index in [1.807, 2.05) is 18.0 Å². The van der Waals surface area contributed by atoms with Crippen LogP contribution in [0.25, 0.3) is 0 Å². The van der Waals surface area contributed by atoms with Gasteiger partial charge in [-0.2, -0.15) is 10.1 Å². The topological polar surface area (TPSA) is 80.2 Å². The van der Waals surface area contributed by atoms with Gasteiger partial charge in [0.2, 0.25) is 5.95 Å². The van der Waals surface area contributed by atoms with E-state index in [1.165, 1.54) is 13.3 Å². The molecule has 0 bridgehead atoms. The number of nitrogens with zero attached hydrogens (tertiary/aromatic N) is 4. The average Bonchev–Trinajstić information content (AvgIpc) is 2.59. The summed E-state index contributed by atoms with van der Waals surface area (Å²) in [4.78, 5) is 18.2. The van der Waals surface area contributed by atoms with Gasteiger partial charge in [0.05, 0.1) is 24.6 Å². The molecule has 0 aliphatic carbocycles. The number of para-hydroxylation sites is 1. The first-order valence-corrected chi connectivity index (χ1v) is 7.51. The molecule has 1 aromatic carbocycles. The van der Waals surface area contributed by atoms with Crippen LogP contribution in [-0.4, -0.2) is 41.9 Å². The van der Waals surface area contributed by atoms with E-state index in [1.54, 1.807) is 18.2 Å². The maximum atomic E-state index is 11.8. The molecule has 0 radical (unpaired) electrons. The minimum absolute atomic E-state index is 0.407. The molecule has 7 nitrogen and oxygen atoms in total. The molecular weight excluding hydrogens is 294 g/mol. The van der Waals surface area contributed by atoms with E-state index in [0.717, 1.165) is 19.4 Å². The monoisotopic (exact) mass is 315 g/mol. The summed E-state index contributed by atoms with van der Waals surface area (Å²) in [5.41, 5.74) is 1.05. The summed E-state index contributed by atoms with van der Waals surface area (Å²) < 4.78 is 4.79. The third-order valence-electron chi connectivity index (χ3n) is 3.33. The Hall–Kier alpha value is -2.70. The number of nitrogens with one attached hydrogen (secondary N) is 1. The van der Waals surface area contributed by atoms with Crippen LogP contribution < -0.4 is 10.2 Å². The van der Waals surface area contributed by atoms with Crippen LogP contribution in [-0.2, 0) is 4.74 Å². The number of carbonyl (C=O) groups is 1. The van der Waals surface area contributed by atoms with Crippen molar-refractivity contribution in [2.45, 2.75) is 19.8 Å². The van der Waals surface area contributed by atoms with Crippen molar-refractivity contribution >= 4 is 23.4 Å². The molecule has 7 heteroatoms. The predicted octanol–water partition coefficient (Wildman–Crippen LogP) is 2.64. The number of hydrogen-bond acceptors (Lipinski definition) is 7. The molecule has 0 aliphatic rings. The maximum absolute atomic E-state index is 11.8. The number of unbranched alkanes of at least 4 members (excludes halogenated alkanes) is 1. The Morgan fingerprint density at radius 3 is 2.87 bits per heavy atom. The number of ether oxygens (including phenoxy) is 1. The molecule has 0 saturated heterocycles. The highest BCUT2D eigenvalue weighted by atomic mass is 16.5. The summed E-state index contributed by atoms with van der Waals surface area (Å²) in [6.07, 6.45) is 3.68. The fourth-order valence-electron chi connectivity index (χ4n) is 2.03. The molecule has 2 rings (SSSR count). The van der Waals surface area contributed by atoms with Crippen LogP contribution in [0.2, 0.25) is 0 Å². The van der Waals surface area contributed by atoms with Crippen LogP contribution >= 0.6 is 0 Å². The zero-order valence-electron chi connectivity index (χ0n) is 13.6. The number of hydrogen-bond donors (Lipinski definition) is 1. The summed E-state index contributed by atoms with van der Waals surface area (Å²) in [5.74, 6) is 0.657. The molecule has 0 amide bonds. The molecule has 23 heavy (non-hydrogen) atoms. The first-order valence-electron chi connectivity index (χ1n) is 7.51. The fourth-order valence-corrected chi connectivity index (χ4v) is 2.03. The van der Waals surface area contributed by atoms with E-state index in [4.69, 9.17) is 4.74 Å². The van der Waals surface area contributed by atoms with Crippen LogP contribution in [0.4, 0.5) is 17.5 Å². The Kier molecular flexibility index (Phi) is 5.85. The maximum Gasteiger partial charge on any atom is 0.339 e. The number of esters is 1. The summed E-state index contributed by atoms with van der Waals surface area (Å²) in [5, 5.41) is 11.1. The van der Waals surface area contributed by atoms with E-state index < -0.39 is 5.97 Å². The summed E-state index contributed by atoms with van der Waals surface area (Å²) in [6.45, 7) is 3.00. The van der Waals surface area contributed by atoms with Crippen molar-refractivity contribution < 1.29 is 9.53 Å². The first-order chi connectivity index (χ1) is 11.2. The van der Waals surface area contributed by atoms with Crippen molar-refractivity contribution in [1.82, 2.24) is 15.2 Å². The molecule has 2 aromatic rings. The molecule has 0 unspecified atom stereocenters. The molecule has 1 N–H and O–H groups in total. The number of rotatable bonds is 7. The van der Waals surface area contributed by atoms with Crippen molar-refractivity contribution in [3.8, 4) is 0 Å². The third kappa shape index (κ3) is 4.38. The Bertz CT molecular complexity index is 662. The highest BCUT2D eigenvalue weighted by molar-refractivity contribution is 5.96. The highest BCUT2D eigenvalue weighted by Crippen LogP contribution is 2.20. The Morgan fingerprint density at radius 1 is 1.35 bits per heavy atom. The second-order valence-corrected chi connectivity index (χ2v) is 5.08. The minimum Gasteiger partial charge on any atom is -0.465 e. The zero-order valence-corrected chi connectivity index (χ0v) is 13.6. The van der Waals surface area contributed by atoms with Gasteiger partial charge in [0.1, 0.15) is 0 Å². The fraction of sp³-hybridized carbons (Fsp3) is 0.375. The third-order valence-corrected chi connectivity index (χ3v) is 3.33. The van der Waals surface area contributed by atoms with E-state index >= 15 is 0 Å². The lowest BCUT2D eigenvalue weighted by molar-refractivity contribution is 0.0602. The van der Waals surface area contributed by atoms with E-state index in [9.17, 15) is 4.79 Å². The molecule has 0 fully saturated rings. The molecule has 0 saturated carbocycles. The van der Waals surface area contributed by atoms with Gasteiger partial charge < -0.3 is 15.0 Å². The molecule has 0 atom stereocenters. The van der Waals surface area contributed by atoms with E-state index in [-0.39, 0.29) is 0 Å². The number of aromatic nitrogens is 3. The number of carbonyl (C=O) groups excluding carboxylic acids is 1. The lowest BCUT2D eigenvalue weighted by atomic mass is 10.2. The molecule has 1 heterocycles. The summed E-state index contributed by atoms with van der Waals surface area (Å²) in [6, 6.07) is 7.09. The zero-order chi connectivity index (χ0) is 16.7. The normalized spacial score (nSPS) is 10.2. The van der Waals surface area contributed by atoms with Crippen LogP contribution in [0.15, 0.2) is 30.5 Å². The van der Waals surface area contributed by atoms with Gasteiger partial charge in [-0.05, 0) is 18.6 Å². The lowest BCUT2D eigenvalue weighted by Crippen LogP contribution is -2.21. The van der Waals surface area contributed by atoms with Gasteiger partial charge in [0.15, 0.2) is 5.82 Å². The Labute approximate surface area is 135 Å². The molecular formula is C16H21N5O2. The second-order valence-electron chi connectivity index (χ2n) is 5.08. The van der Waals surface area contributed by atoms with Crippen molar-refractivity contribution in [3.63, 3.8) is 0 Å². The smallest absolute Gasteiger partial charge is 0.339 e. The van der Waals surface area contributed by atoms with Gasteiger partial charge in [0, 0.05) is 13.6 Å². The van der Waals surface area contributed by atoms with Gasteiger partial charge in [-0.15, -0.1) is 5.10 Å². The quantitative estimate of drug-likeness (QED) is 0.787. The molecule has 122 valence electrons. The van der Waals surface area contributed by atoms with Crippen molar-refractivity contribution in [3.05, 3.63) is 36.0 Å². The first kappa shape index (κ1) is 16.7. The number of anilines is 3. The van der Waals surface area contributed by atoms with Crippen molar-refractivity contribution in [2.75, 3.05) is 30.9 Å². The SMILES string of the molecule is CCCCN(C)c1nncc(Nc2ccccc2C(=O)OC)n1. The van der Waals surface area contributed by atoms with Crippen LogP contribution in [0, 0.1) is 0 Å². The van der Waals surface area contributed by atoms with Gasteiger partial charge in [0.25, 0.3) is 0 Å². The Morgan fingerprint density at radius 2 is 2.13 bits per heavy atom. The lowest BCUT2D eigenvalue weighted by Gasteiger charge is -2.16. The standard InChI is InChI=1S/C16H21N5O2/c1-4-5-10-21(2)16-19-14(11-17-20-16)18-13-9-7-6-8-12(13)15(22)23-3/h6-9,11H,4-5,10H2,1-3H3,(H,18,19,20). The van der Waals surface area contributed by atoms with Crippen LogP contribution in [0.5, 0.6) is 0 Å². The van der Waals surface area contributed by atoms with Gasteiger partial charge in [-0.25, -0.2) is 4.79 Å². The predicted molar refractivity (Wildman–Crippen MR) is 89.1 cm³/mol. The molecule has 1 aromatic heterocycles. The average molecular weight is 315 g/mol. The second kappa shape index (κ2) is 8.07. The Balaban J connectivity index is 2.20. The summed E-state index contributed by atoms with van der Waals surface area (Å²) in [7, 11) is 3.28. The summed E-state index contributed by atoms with van der Waals surface area (Å²) >= 11 is 0. The number of benzene rings is 1. The largest absolute Gasteiger partial charge is 0.465 e. The van der Waals surface area contributed by atoms with Crippen molar-refractivity contribution in [1.29, 1.82) is 0 Å². The van der Waals surface area contributed by atoms with Crippen LogP contribution in [0.3, 0.4) is 0 Å². The van der Waals surface area contributed by atoms with Crippen molar-refractivity contribution in [2.24, 2.45) is 0 Å². The van der Waals surface area contributed by atoms with E-state index in [0.29, 0.717) is 23.0 Å². The number of methoxy groups -OCH3 is 1. The van der Waals surface area contributed by atoms with Gasteiger partial charge >= 0.3 is 5.97 Å². The molecule has 0 spiro atoms. The van der Waals surface area contributed by atoms with Gasteiger partial charge in [-0.3, -0.25) is 0 Å². The van der Waals surface area contributed by atoms with Gasteiger partial charge in [-0.1, -0.05) is 25.5 Å². The minimum atomic E-state index is -0.407. The van der Waals surface area contributed by atoms with Crippen LogP contribution in [0.1, 0.15) is 30.1 Å². The highest BCUT2D eigenvalue weighted by Gasteiger charge is 2.12. The van der Waals surface area contributed by atoms with E-state index in [2.05, 4.69) is 27.4 Å². The molecule has 0 aliphatic heterocycles.